The maximum Gasteiger partial charge on any atom is -0.0360 e. The Hall–Kier alpha value is 0. The van der Waals surface area contributed by atoms with Gasteiger partial charge in [-0.15, -0.1) is 0 Å². The predicted octanol–water partition coefficient (Wildman–Crippen LogP) is 6.26. The first-order valence-electron chi connectivity index (χ1n) is 7.08. The monoisotopic (exact) mass is 242 g/mol. The van der Waals surface area contributed by atoms with Gasteiger partial charge >= 0.3 is 0 Å². The summed E-state index contributed by atoms with van der Waals surface area (Å²) in [6.07, 6.45) is 4.13. The fraction of sp³-hybridized carbons (Fsp3) is 1.00. The van der Waals surface area contributed by atoms with Crippen LogP contribution in [0.15, 0.2) is 0 Å². The van der Waals surface area contributed by atoms with Gasteiger partial charge in [-0.2, -0.15) is 0 Å². The summed E-state index contributed by atoms with van der Waals surface area (Å²) in [6.45, 7) is 14.6. The van der Waals surface area contributed by atoms with Gasteiger partial charge in [0.25, 0.3) is 0 Å². The minimum atomic E-state index is 0. The predicted molar refractivity (Wildman–Crippen MR) is 82.3 cm³/mol. The van der Waals surface area contributed by atoms with Gasteiger partial charge in [0, 0.05) is 0 Å². The Morgan fingerprint density at radius 1 is 0.529 bits per heavy atom. The van der Waals surface area contributed by atoms with Crippen LogP contribution in [0.5, 0.6) is 0 Å². The lowest BCUT2D eigenvalue weighted by atomic mass is 9.56. The zero-order valence-corrected chi connectivity index (χ0v) is 11.6. The molecule has 106 valence electrons. The summed E-state index contributed by atoms with van der Waals surface area (Å²) in [4.78, 5) is 0. The van der Waals surface area contributed by atoms with E-state index in [0.29, 0.717) is 0 Å². The summed E-state index contributed by atoms with van der Waals surface area (Å²) in [6, 6.07) is 0. The third kappa shape index (κ3) is 3.48. The van der Waals surface area contributed by atoms with Gasteiger partial charge < -0.3 is 0 Å². The second kappa shape index (κ2) is 8.16. The van der Waals surface area contributed by atoms with Crippen molar-refractivity contribution in [2.75, 3.05) is 0 Å². The van der Waals surface area contributed by atoms with Crippen LogP contribution in [-0.4, -0.2) is 0 Å². The Bertz CT molecular complexity index is 139. The zero-order valence-electron chi connectivity index (χ0n) is 11.6. The molecule has 0 spiro atoms. The molecular weight excluding hydrogens is 204 g/mol. The van der Waals surface area contributed by atoms with E-state index in [-0.39, 0.29) is 14.9 Å². The maximum absolute atomic E-state index is 2.50. The van der Waals surface area contributed by atoms with Gasteiger partial charge in [0.05, 0.1) is 0 Å². The molecule has 0 aromatic rings. The molecule has 17 heavy (non-hydrogen) atoms. The van der Waals surface area contributed by atoms with E-state index >= 15 is 0 Å². The molecule has 1 aliphatic carbocycles. The van der Waals surface area contributed by atoms with Crippen molar-refractivity contribution < 1.29 is 0 Å². The second-order valence-corrected chi connectivity index (χ2v) is 5.79. The molecule has 0 unspecified atom stereocenters. The third-order valence-corrected chi connectivity index (χ3v) is 5.47. The van der Waals surface area contributed by atoms with Gasteiger partial charge in [-0.05, 0) is 35.5 Å². The Morgan fingerprint density at radius 3 is 0.824 bits per heavy atom. The maximum atomic E-state index is 2.50. The summed E-state index contributed by atoms with van der Waals surface area (Å²) in [5, 5.41) is 0. The molecule has 0 aliphatic heterocycles. The summed E-state index contributed by atoms with van der Waals surface area (Å²) in [5.41, 5.74) is 0. The van der Waals surface area contributed by atoms with Crippen LogP contribution in [0.4, 0.5) is 0 Å². The van der Waals surface area contributed by atoms with E-state index in [1.807, 2.05) is 0 Å². The minimum Gasteiger partial charge on any atom is -0.0776 e. The molecule has 0 atom stereocenters. The summed E-state index contributed by atoms with van der Waals surface area (Å²) >= 11 is 0. The average molecular weight is 242 g/mol. The van der Waals surface area contributed by atoms with Gasteiger partial charge in [0.15, 0.2) is 0 Å². The van der Waals surface area contributed by atoms with Crippen LogP contribution >= 0.6 is 0 Å². The fourth-order valence-corrected chi connectivity index (χ4v) is 4.62. The topological polar surface area (TPSA) is 0 Å². The first-order chi connectivity index (χ1) is 7.08. The number of hydrogen-bond donors (Lipinski definition) is 0. The van der Waals surface area contributed by atoms with Crippen molar-refractivity contribution in [1.29, 1.82) is 0 Å². The van der Waals surface area contributed by atoms with Crippen molar-refractivity contribution in [3.8, 4) is 0 Å². The van der Waals surface area contributed by atoms with E-state index in [4.69, 9.17) is 0 Å². The first kappa shape index (κ1) is 19.3. The normalized spacial score (nSPS) is 41.3. The van der Waals surface area contributed by atoms with Crippen molar-refractivity contribution in [1.82, 2.24) is 0 Å². The summed E-state index contributed by atoms with van der Waals surface area (Å²) < 4.78 is 0. The molecule has 1 aliphatic rings. The lowest BCUT2D eigenvalue weighted by Crippen LogP contribution is -2.42. The third-order valence-electron chi connectivity index (χ3n) is 5.47. The molecule has 0 bridgehead atoms. The van der Waals surface area contributed by atoms with Crippen molar-refractivity contribution in [2.24, 2.45) is 35.5 Å². The molecule has 0 amide bonds. The molecule has 0 saturated heterocycles. The summed E-state index contributed by atoms with van der Waals surface area (Å²) in [7, 11) is 0. The van der Waals surface area contributed by atoms with Gasteiger partial charge in [0.2, 0.25) is 0 Å². The van der Waals surface area contributed by atoms with Crippen LogP contribution in [0, 0.1) is 35.5 Å². The number of rotatable bonds is 3. The molecule has 0 radical (unpaired) electrons. The standard InChI is InChI=1S/C15H30.2CH4/c1-7-13-10(4)14(8-2)12(6)15(9-3)11(13)5;;/h10-15H,7-9H2,1-6H3;2*1H4. The molecule has 0 N–H and O–H groups in total. The van der Waals surface area contributed by atoms with Crippen molar-refractivity contribution in [3.63, 3.8) is 0 Å². The summed E-state index contributed by atoms with van der Waals surface area (Å²) in [5.74, 6) is 5.72. The highest BCUT2D eigenvalue weighted by atomic mass is 14.5. The zero-order chi connectivity index (χ0) is 11.6. The highest BCUT2D eigenvalue weighted by Crippen LogP contribution is 2.49. The molecule has 0 aromatic heterocycles. The van der Waals surface area contributed by atoms with Crippen molar-refractivity contribution in [2.45, 2.75) is 75.7 Å². The van der Waals surface area contributed by atoms with Crippen LogP contribution in [0.1, 0.15) is 75.7 Å². The van der Waals surface area contributed by atoms with Gasteiger partial charge in [-0.25, -0.2) is 0 Å². The number of hydrogen-bond acceptors (Lipinski definition) is 0. The molecule has 0 nitrogen and oxygen atoms in total. The van der Waals surface area contributed by atoms with Crippen LogP contribution in [0.2, 0.25) is 0 Å². The first-order valence-corrected chi connectivity index (χ1v) is 7.08. The Morgan fingerprint density at radius 2 is 0.706 bits per heavy atom. The molecule has 1 fully saturated rings. The van der Waals surface area contributed by atoms with Crippen LogP contribution in [0.25, 0.3) is 0 Å². The van der Waals surface area contributed by atoms with E-state index < -0.39 is 0 Å². The Balaban J connectivity index is 0. The lowest BCUT2D eigenvalue weighted by molar-refractivity contribution is -0.00251. The van der Waals surface area contributed by atoms with Crippen molar-refractivity contribution >= 4 is 0 Å². The van der Waals surface area contributed by atoms with E-state index in [1.165, 1.54) is 19.3 Å². The second-order valence-electron chi connectivity index (χ2n) is 5.79. The average Bonchev–Trinajstić information content (AvgIpc) is 2.19. The highest BCUT2D eigenvalue weighted by molar-refractivity contribution is 4.90. The largest absolute Gasteiger partial charge is 0.0776 e. The van der Waals surface area contributed by atoms with Crippen LogP contribution in [-0.2, 0) is 0 Å². The molecule has 1 rings (SSSR count). The minimum absolute atomic E-state index is 0. The Kier molecular flexibility index (Phi) is 9.29. The lowest BCUT2D eigenvalue weighted by Gasteiger charge is -2.49. The molecule has 0 heterocycles. The van der Waals surface area contributed by atoms with E-state index in [1.54, 1.807) is 0 Å². The van der Waals surface area contributed by atoms with Gasteiger partial charge in [-0.3, -0.25) is 0 Å². The van der Waals surface area contributed by atoms with E-state index in [0.717, 1.165) is 35.5 Å². The van der Waals surface area contributed by atoms with Gasteiger partial charge in [0.1, 0.15) is 0 Å². The van der Waals surface area contributed by atoms with Crippen LogP contribution < -0.4 is 0 Å². The van der Waals surface area contributed by atoms with Gasteiger partial charge in [-0.1, -0.05) is 75.7 Å². The highest BCUT2D eigenvalue weighted by Gasteiger charge is 2.42. The Labute approximate surface area is 112 Å². The molecular formula is C17H38. The molecule has 1 saturated carbocycles. The van der Waals surface area contributed by atoms with E-state index in [9.17, 15) is 0 Å². The van der Waals surface area contributed by atoms with Crippen molar-refractivity contribution in [3.05, 3.63) is 0 Å². The fourth-order valence-electron chi connectivity index (χ4n) is 4.62. The van der Waals surface area contributed by atoms with E-state index in [2.05, 4.69) is 41.5 Å². The van der Waals surface area contributed by atoms with Crippen LogP contribution in [0.3, 0.4) is 0 Å². The molecule has 0 aromatic carbocycles. The smallest absolute Gasteiger partial charge is 0.0360 e. The SMILES string of the molecule is C.C.CCC1C(C)C(CC)C(C)C(CC)C1C. The molecule has 0 heteroatoms. The quantitative estimate of drug-likeness (QED) is 0.548.